The van der Waals surface area contributed by atoms with Gasteiger partial charge in [-0.05, 0) is 73.4 Å². The molecule has 3 heteroatoms. The fraction of sp³-hybridized carbons (Fsp3) is 0.0652. The van der Waals surface area contributed by atoms with Crippen LogP contribution in [0, 0.1) is 11.3 Å². The Kier molecular flexibility index (Phi) is 8.54. The van der Waals surface area contributed by atoms with Crippen molar-refractivity contribution >= 4 is 56.1 Å². The van der Waals surface area contributed by atoms with Crippen molar-refractivity contribution < 1.29 is 0 Å². The molecule has 0 aliphatic heterocycles. The number of nitrogens with zero attached hydrogens (tertiary/aromatic N) is 3. The zero-order valence-electron chi connectivity index (χ0n) is 27.9. The third kappa shape index (κ3) is 5.44. The smallest absolute Gasteiger partial charge is 0.101 e. The van der Waals surface area contributed by atoms with E-state index in [9.17, 15) is 5.26 Å². The van der Waals surface area contributed by atoms with Crippen LogP contribution < -0.4 is 0 Å². The highest BCUT2D eigenvalue weighted by Gasteiger charge is 2.20. The molecule has 6 aromatic rings. The molecule has 7 rings (SSSR count). The van der Waals surface area contributed by atoms with Crippen molar-refractivity contribution in [3.8, 4) is 11.8 Å². The lowest BCUT2D eigenvalue weighted by molar-refractivity contribution is 1.09. The van der Waals surface area contributed by atoms with Gasteiger partial charge in [0.2, 0.25) is 0 Å². The van der Waals surface area contributed by atoms with E-state index < -0.39 is 0 Å². The second-order valence-corrected chi connectivity index (χ2v) is 12.1. The van der Waals surface area contributed by atoms with Gasteiger partial charge in [-0.25, -0.2) is 0 Å². The molecule has 0 N–H and O–H groups in total. The Morgan fingerprint density at radius 1 is 0.755 bits per heavy atom. The SMILES string of the molecule is C=C/C(=C\C=C(/C)C1=CCC=C(n2c3ccccc3c3ccccc32)C=C1)c1cccc(C#N)c1-n1c(/C=C\C)c(C=C)c2ccccc21. The summed E-state index contributed by atoms with van der Waals surface area (Å²) in [6.07, 6.45) is 22.0. The maximum Gasteiger partial charge on any atom is 0.101 e. The fourth-order valence-electron chi connectivity index (χ4n) is 7.03. The van der Waals surface area contributed by atoms with Crippen molar-refractivity contribution in [2.75, 3.05) is 0 Å². The van der Waals surface area contributed by atoms with Crippen molar-refractivity contribution in [1.29, 1.82) is 5.26 Å². The monoisotopic (exact) mass is 631 g/mol. The van der Waals surface area contributed by atoms with Gasteiger partial charge in [-0.2, -0.15) is 5.26 Å². The zero-order chi connectivity index (χ0) is 33.9. The van der Waals surface area contributed by atoms with Crippen LogP contribution in [-0.4, -0.2) is 9.13 Å². The predicted octanol–water partition coefficient (Wildman–Crippen LogP) is 12.2. The van der Waals surface area contributed by atoms with Gasteiger partial charge in [-0.15, -0.1) is 0 Å². The van der Waals surface area contributed by atoms with E-state index in [1.54, 1.807) is 0 Å². The Balaban J connectivity index is 1.29. The summed E-state index contributed by atoms with van der Waals surface area (Å²) in [5.74, 6) is 0. The van der Waals surface area contributed by atoms with E-state index in [2.05, 4.69) is 145 Å². The van der Waals surface area contributed by atoms with Gasteiger partial charge in [0.15, 0.2) is 0 Å². The van der Waals surface area contributed by atoms with Gasteiger partial charge in [0.25, 0.3) is 0 Å². The van der Waals surface area contributed by atoms with Gasteiger partial charge in [0, 0.05) is 33.0 Å². The molecule has 0 saturated heterocycles. The molecule has 3 nitrogen and oxygen atoms in total. The molecule has 236 valence electrons. The maximum atomic E-state index is 10.4. The summed E-state index contributed by atoms with van der Waals surface area (Å²) < 4.78 is 4.55. The quantitative estimate of drug-likeness (QED) is 0.154. The van der Waals surface area contributed by atoms with Crippen molar-refractivity contribution in [1.82, 2.24) is 9.13 Å². The highest BCUT2D eigenvalue weighted by Crippen LogP contribution is 2.37. The number of hydrogen-bond acceptors (Lipinski definition) is 1. The standard InChI is InChI=1S/C46H37N3/c1-5-16-42-37(7-3)39-20-8-13-26-45(39)49(42)46-35(31-47)18-15-23-38(46)33(6-2)28-27-32(4)34-17-14-19-36(30-29-34)48-43-24-11-9-21-40(43)41-22-10-12-25-44(41)48/h5-13,15-30H,2-3,14H2,1,4H3/b16-5-,32-27+,33-28+. The van der Waals surface area contributed by atoms with Crippen molar-refractivity contribution in [3.05, 3.63) is 186 Å². The molecule has 2 aromatic heterocycles. The van der Waals surface area contributed by atoms with Crippen LogP contribution in [0.5, 0.6) is 0 Å². The number of rotatable bonds is 8. The highest BCUT2D eigenvalue weighted by molar-refractivity contribution is 6.10. The molecule has 49 heavy (non-hydrogen) atoms. The number of nitriles is 1. The topological polar surface area (TPSA) is 33.6 Å². The first-order valence-electron chi connectivity index (χ1n) is 16.6. The first-order chi connectivity index (χ1) is 24.1. The third-order valence-corrected chi connectivity index (χ3v) is 9.30. The summed E-state index contributed by atoms with van der Waals surface area (Å²) in [6, 6.07) is 33.9. The average Bonchev–Trinajstić information content (AvgIpc) is 3.51. The van der Waals surface area contributed by atoms with Crippen LogP contribution >= 0.6 is 0 Å². The molecular weight excluding hydrogens is 595 g/mol. The second-order valence-electron chi connectivity index (χ2n) is 12.1. The van der Waals surface area contributed by atoms with Gasteiger partial charge < -0.3 is 9.13 Å². The summed E-state index contributed by atoms with van der Waals surface area (Å²) in [5, 5.41) is 14.0. The Morgan fingerprint density at radius 2 is 1.41 bits per heavy atom. The van der Waals surface area contributed by atoms with Gasteiger partial charge in [-0.1, -0.05) is 128 Å². The molecule has 0 bridgehead atoms. The van der Waals surface area contributed by atoms with Gasteiger partial charge in [-0.3, -0.25) is 0 Å². The summed E-state index contributed by atoms with van der Waals surface area (Å²) in [6.45, 7) is 12.5. The van der Waals surface area contributed by atoms with Crippen molar-refractivity contribution in [3.63, 3.8) is 0 Å². The number of benzene rings is 4. The summed E-state index contributed by atoms with van der Waals surface area (Å²) >= 11 is 0. The summed E-state index contributed by atoms with van der Waals surface area (Å²) in [7, 11) is 0. The van der Waals surface area contributed by atoms with Crippen LogP contribution in [0.25, 0.3) is 61.8 Å². The third-order valence-electron chi connectivity index (χ3n) is 9.30. The number of allylic oxidation sites excluding steroid dienone is 12. The molecule has 0 radical (unpaired) electrons. The van der Waals surface area contributed by atoms with Gasteiger partial charge >= 0.3 is 0 Å². The minimum absolute atomic E-state index is 0.589. The number of para-hydroxylation sites is 4. The van der Waals surface area contributed by atoms with E-state index in [1.165, 1.54) is 27.4 Å². The Labute approximate surface area is 288 Å². The van der Waals surface area contributed by atoms with E-state index in [0.717, 1.165) is 56.7 Å². The van der Waals surface area contributed by atoms with E-state index in [4.69, 9.17) is 0 Å². The Morgan fingerprint density at radius 3 is 2.04 bits per heavy atom. The lowest BCUT2D eigenvalue weighted by atomic mass is 9.98. The van der Waals surface area contributed by atoms with Crippen LogP contribution in [0.1, 0.15) is 42.7 Å². The summed E-state index contributed by atoms with van der Waals surface area (Å²) in [4.78, 5) is 0. The van der Waals surface area contributed by atoms with E-state index in [-0.39, 0.29) is 0 Å². The minimum atomic E-state index is 0.589. The van der Waals surface area contributed by atoms with Crippen LogP contribution in [0.15, 0.2) is 164 Å². The molecule has 0 amide bonds. The normalized spacial score (nSPS) is 13.9. The van der Waals surface area contributed by atoms with Crippen LogP contribution in [0.4, 0.5) is 0 Å². The summed E-state index contributed by atoms with van der Waals surface area (Å²) in [5.41, 5.74) is 12.2. The van der Waals surface area contributed by atoms with Gasteiger partial charge in [0.1, 0.15) is 6.07 Å². The van der Waals surface area contributed by atoms with Crippen molar-refractivity contribution in [2.45, 2.75) is 20.3 Å². The molecule has 4 aromatic carbocycles. The molecule has 0 atom stereocenters. The molecule has 1 aliphatic carbocycles. The maximum absolute atomic E-state index is 10.4. The molecule has 0 spiro atoms. The zero-order valence-corrected chi connectivity index (χ0v) is 27.9. The lowest BCUT2D eigenvalue weighted by Crippen LogP contribution is -2.04. The molecule has 1 aliphatic rings. The number of aromatic nitrogens is 2. The van der Waals surface area contributed by atoms with E-state index in [0.29, 0.717) is 5.56 Å². The minimum Gasteiger partial charge on any atom is -0.310 e. The van der Waals surface area contributed by atoms with Crippen molar-refractivity contribution in [2.24, 2.45) is 0 Å². The highest BCUT2D eigenvalue weighted by atomic mass is 15.0. The molecule has 0 unspecified atom stereocenters. The van der Waals surface area contributed by atoms with E-state index >= 15 is 0 Å². The van der Waals surface area contributed by atoms with E-state index in [1.807, 2.05) is 49.4 Å². The number of hydrogen-bond donors (Lipinski definition) is 0. The predicted molar refractivity (Wildman–Crippen MR) is 210 cm³/mol. The molecule has 2 heterocycles. The first kappa shape index (κ1) is 31.2. The van der Waals surface area contributed by atoms with Crippen LogP contribution in [0.2, 0.25) is 0 Å². The van der Waals surface area contributed by atoms with Crippen LogP contribution in [0.3, 0.4) is 0 Å². The average molecular weight is 632 g/mol. The fourth-order valence-corrected chi connectivity index (χ4v) is 7.03. The second kappa shape index (κ2) is 13.4. The Bertz CT molecular complexity index is 2470. The van der Waals surface area contributed by atoms with Crippen LogP contribution in [-0.2, 0) is 0 Å². The molecule has 0 saturated carbocycles. The lowest BCUT2D eigenvalue weighted by Gasteiger charge is -2.17. The molecule has 0 fully saturated rings. The Hall–Kier alpha value is -6.37. The number of fused-ring (bicyclic) bond motifs is 4. The van der Waals surface area contributed by atoms with Gasteiger partial charge in [0.05, 0.1) is 33.5 Å². The molecular formula is C46H37N3. The largest absolute Gasteiger partial charge is 0.310 e. The first-order valence-corrected chi connectivity index (χ1v) is 16.6.